The number of hydrogen-bond acceptors (Lipinski definition) is 5. The highest BCUT2D eigenvalue weighted by atomic mass is 32.2. The molecular formula is C53H34N4S. The highest BCUT2D eigenvalue weighted by molar-refractivity contribution is 8.00. The summed E-state index contributed by atoms with van der Waals surface area (Å²) in [6.07, 6.45) is 11.2. The van der Waals surface area contributed by atoms with Gasteiger partial charge in [0.25, 0.3) is 0 Å². The van der Waals surface area contributed by atoms with E-state index >= 15 is 0 Å². The molecule has 0 fully saturated rings. The number of pyridine rings is 1. The predicted octanol–water partition coefficient (Wildman–Crippen LogP) is 12.8. The van der Waals surface area contributed by atoms with Gasteiger partial charge in [-0.3, -0.25) is 4.98 Å². The number of thioether (sulfide) groups is 1. The second-order valence-electron chi connectivity index (χ2n) is 15.3. The van der Waals surface area contributed by atoms with Gasteiger partial charge in [-0.05, 0) is 68.4 Å². The van der Waals surface area contributed by atoms with Crippen molar-refractivity contribution in [2.75, 3.05) is 0 Å². The van der Waals surface area contributed by atoms with E-state index < -0.39 is 5.41 Å². The fraction of sp³-hybridized carbons (Fsp3) is 0.0566. The number of benzene rings is 7. The second-order valence-corrected chi connectivity index (χ2v) is 16.5. The van der Waals surface area contributed by atoms with Crippen molar-refractivity contribution in [2.45, 2.75) is 15.6 Å². The van der Waals surface area contributed by atoms with E-state index in [-0.39, 0.29) is 11.2 Å². The van der Waals surface area contributed by atoms with Gasteiger partial charge in [0, 0.05) is 49.9 Å². The second kappa shape index (κ2) is 13.1. The minimum Gasteiger partial charge on any atom is -0.256 e. The first-order valence-corrected chi connectivity index (χ1v) is 20.7. The molecule has 0 bridgehead atoms. The SMILES string of the molecule is C1=CC2Sc3ccccc3C3(c4cc(-c5nc(-c6ccccc6)nc(-c6cccc7ccccc67)n5)ccc4-c4ccc(-c5cccc6cccnc56)cc43)C2C=C1. The van der Waals surface area contributed by atoms with Crippen molar-refractivity contribution in [3.8, 4) is 56.4 Å². The summed E-state index contributed by atoms with van der Waals surface area (Å²) in [5, 5.41) is 3.65. The van der Waals surface area contributed by atoms with Crippen LogP contribution in [0.25, 0.3) is 78.1 Å². The summed E-state index contributed by atoms with van der Waals surface area (Å²) in [6.45, 7) is 0. The van der Waals surface area contributed by atoms with E-state index in [1.165, 1.54) is 38.3 Å². The van der Waals surface area contributed by atoms with E-state index in [4.69, 9.17) is 19.9 Å². The van der Waals surface area contributed by atoms with E-state index in [0.29, 0.717) is 17.5 Å². The zero-order chi connectivity index (χ0) is 38.2. The number of nitrogens with zero attached hydrogens (tertiary/aromatic N) is 4. The highest BCUT2D eigenvalue weighted by Gasteiger charge is 2.55. The molecule has 1 aliphatic heterocycles. The van der Waals surface area contributed by atoms with Gasteiger partial charge in [-0.25, -0.2) is 15.0 Å². The van der Waals surface area contributed by atoms with Crippen LogP contribution < -0.4 is 0 Å². The summed E-state index contributed by atoms with van der Waals surface area (Å²) in [5.41, 5.74) is 12.2. The third-order valence-corrected chi connectivity index (χ3v) is 13.6. The third-order valence-electron chi connectivity index (χ3n) is 12.2. The van der Waals surface area contributed by atoms with Crippen LogP contribution >= 0.6 is 11.8 Å². The van der Waals surface area contributed by atoms with Crippen LogP contribution in [0.5, 0.6) is 0 Å². The molecule has 3 unspecified atom stereocenters. The Kier molecular flexibility index (Phi) is 7.47. The Morgan fingerprint density at radius 3 is 1.98 bits per heavy atom. The van der Waals surface area contributed by atoms with E-state index in [9.17, 15) is 0 Å². The summed E-state index contributed by atoms with van der Waals surface area (Å²) in [4.78, 5) is 21.9. The Bertz CT molecular complexity index is 3180. The molecule has 12 rings (SSSR count). The van der Waals surface area contributed by atoms with Crippen LogP contribution in [-0.4, -0.2) is 25.2 Å². The van der Waals surface area contributed by atoms with Gasteiger partial charge < -0.3 is 0 Å². The predicted molar refractivity (Wildman–Crippen MR) is 238 cm³/mol. The monoisotopic (exact) mass is 758 g/mol. The summed E-state index contributed by atoms with van der Waals surface area (Å²) >= 11 is 1.97. The van der Waals surface area contributed by atoms with Gasteiger partial charge in [0.05, 0.1) is 10.9 Å². The Morgan fingerprint density at radius 2 is 1.10 bits per heavy atom. The lowest BCUT2D eigenvalue weighted by Gasteiger charge is -2.47. The zero-order valence-electron chi connectivity index (χ0n) is 31.3. The summed E-state index contributed by atoms with van der Waals surface area (Å²) in [5.74, 6) is 2.13. The van der Waals surface area contributed by atoms with Crippen molar-refractivity contribution in [3.63, 3.8) is 0 Å². The van der Waals surface area contributed by atoms with Crippen molar-refractivity contribution in [3.05, 3.63) is 211 Å². The Balaban J connectivity index is 1.12. The van der Waals surface area contributed by atoms with Crippen LogP contribution in [-0.2, 0) is 5.41 Å². The molecule has 0 saturated carbocycles. The van der Waals surface area contributed by atoms with Crippen molar-refractivity contribution in [2.24, 2.45) is 5.92 Å². The van der Waals surface area contributed by atoms with Gasteiger partial charge >= 0.3 is 0 Å². The highest BCUT2D eigenvalue weighted by Crippen LogP contribution is 2.64. The molecule has 3 heterocycles. The molecule has 2 aliphatic carbocycles. The molecule has 5 heteroatoms. The maximum absolute atomic E-state index is 5.31. The fourth-order valence-corrected chi connectivity index (χ4v) is 11.1. The number of para-hydroxylation sites is 1. The van der Waals surface area contributed by atoms with Crippen molar-refractivity contribution in [1.82, 2.24) is 19.9 Å². The molecule has 3 atom stereocenters. The van der Waals surface area contributed by atoms with Gasteiger partial charge in [0.2, 0.25) is 0 Å². The Hall–Kier alpha value is -6.95. The maximum Gasteiger partial charge on any atom is 0.164 e. The summed E-state index contributed by atoms with van der Waals surface area (Å²) in [6, 6.07) is 58.7. The lowest BCUT2D eigenvalue weighted by atomic mass is 9.61. The average Bonchev–Trinajstić information content (AvgIpc) is 3.58. The minimum absolute atomic E-state index is 0.165. The largest absolute Gasteiger partial charge is 0.256 e. The molecule has 58 heavy (non-hydrogen) atoms. The molecule has 4 nitrogen and oxygen atoms in total. The molecule has 0 N–H and O–H groups in total. The first kappa shape index (κ1) is 33.2. The maximum atomic E-state index is 5.31. The van der Waals surface area contributed by atoms with Crippen LogP contribution in [0.4, 0.5) is 0 Å². The molecule has 9 aromatic rings. The molecule has 2 aromatic heterocycles. The Morgan fingerprint density at radius 1 is 0.448 bits per heavy atom. The van der Waals surface area contributed by atoms with E-state index in [1.807, 2.05) is 42.2 Å². The molecule has 0 saturated heterocycles. The number of rotatable bonds is 4. The van der Waals surface area contributed by atoms with Crippen LogP contribution in [0.15, 0.2) is 199 Å². The van der Waals surface area contributed by atoms with Crippen LogP contribution in [0.2, 0.25) is 0 Å². The van der Waals surface area contributed by atoms with Crippen molar-refractivity contribution >= 4 is 33.4 Å². The average molecular weight is 759 g/mol. The quantitative estimate of drug-likeness (QED) is 0.179. The molecule has 272 valence electrons. The van der Waals surface area contributed by atoms with Gasteiger partial charge in [0.15, 0.2) is 17.5 Å². The fourth-order valence-electron chi connectivity index (χ4n) is 9.72. The van der Waals surface area contributed by atoms with Gasteiger partial charge in [-0.15, -0.1) is 11.8 Å². The zero-order valence-corrected chi connectivity index (χ0v) is 32.1. The van der Waals surface area contributed by atoms with Crippen molar-refractivity contribution < 1.29 is 0 Å². The van der Waals surface area contributed by atoms with Gasteiger partial charge in [0.1, 0.15) is 0 Å². The number of fused-ring (bicyclic) bond motifs is 11. The minimum atomic E-state index is -0.476. The van der Waals surface area contributed by atoms with Crippen molar-refractivity contribution in [1.29, 1.82) is 0 Å². The molecule has 0 amide bonds. The van der Waals surface area contributed by atoms with Crippen LogP contribution in [0.3, 0.4) is 0 Å². The lowest BCUT2D eigenvalue weighted by Crippen LogP contribution is -2.43. The number of aromatic nitrogens is 4. The normalized spacial score (nSPS) is 18.6. The molecular weight excluding hydrogens is 725 g/mol. The number of allylic oxidation sites excluding steroid dienone is 3. The van der Waals surface area contributed by atoms with Gasteiger partial charge in [-0.2, -0.15) is 0 Å². The molecule has 1 spiro atoms. The first-order valence-electron chi connectivity index (χ1n) is 19.8. The molecule has 3 aliphatic rings. The van der Waals surface area contributed by atoms with Crippen LogP contribution in [0, 0.1) is 5.92 Å². The lowest BCUT2D eigenvalue weighted by molar-refractivity contribution is 0.450. The van der Waals surface area contributed by atoms with E-state index in [2.05, 4.69) is 164 Å². The summed E-state index contributed by atoms with van der Waals surface area (Å²) in [7, 11) is 0. The Labute approximate surface area is 340 Å². The van der Waals surface area contributed by atoms with Gasteiger partial charge in [-0.1, -0.05) is 164 Å². The topological polar surface area (TPSA) is 51.6 Å². The standard InChI is InChI=1S/C53H34N4S/c1-2-14-35(15-3-1)50-55-51(57-52(56-50)42-21-10-16-33-13-4-5-19-38(33)42)37-27-29-41-40-28-26-36(39-20-11-17-34-18-12-30-54-49(34)39)31-45(40)53(46(41)32-37)43-22-6-8-24-47(43)58-48-25-9-7-23-44(48)53/h1-32,43,47H. The summed E-state index contributed by atoms with van der Waals surface area (Å²) < 4.78 is 0. The molecule has 0 radical (unpaired) electrons. The van der Waals surface area contributed by atoms with Crippen LogP contribution in [0.1, 0.15) is 16.7 Å². The third kappa shape index (κ3) is 4.96. The van der Waals surface area contributed by atoms with E-state index in [1.54, 1.807) is 0 Å². The number of hydrogen-bond donors (Lipinski definition) is 0. The smallest absolute Gasteiger partial charge is 0.164 e. The van der Waals surface area contributed by atoms with E-state index in [0.717, 1.165) is 43.9 Å². The first-order chi connectivity index (χ1) is 28.7. The molecule has 7 aromatic carbocycles.